The van der Waals surface area contributed by atoms with Crippen LogP contribution in [-0.4, -0.2) is 20.0 Å². The van der Waals surface area contributed by atoms with Crippen molar-refractivity contribution in [3.63, 3.8) is 0 Å². The molecular formula is C19H20O4. The number of hydrogen-bond donors (Lipinski definition) is 0. The topological polar surface area (TPSA) is 44.8 Å². The van der Waals surface area contributed by atoms with Gasteiger partial charge in [0, 0.05) is 12.8 Å². The highest BCUT2D eigenvalue weighted by molar-refractivity contribution is 5.79. The maximum Gasteiger partial charge on any atom is 0.169 e. The van der Waals surface area contributed by atoms with Crippen LogP contribution >= 0.6 is 0 Å². The molecule has 0 saturated carbocycles. The Hall–Kier alpha value is -2.49. The number of carbonyl (C=O) groups excluding carboxylic acids is 1. The average molecular weight is 312 g/mol. The molecule has 4 heteroatoms. The lowest BCUT2D eigenvalue weighted by Gasteiger charge is -2.16. The van der Waals surface area contributed by atoms with Crippen molar-refractivity contribution in [1.29, 1.82) is 0 Å². The number of ketones is 1. The van der Waals surface area contributed by atoms with Crippen LogP contribution in [0.3, 0.4) is 0 Å². The molecule has 0 unspecified atom stereocenters. The van der Waals surface area contributed by atoms with Crippen LogP contribution in [0.5, 0.6) is 23.0 Å². The summed E-state index contributed by atoms with van der Waals surface area (Å²) in [5.41, 5.74) is 2.12. The van der Waals surface area contributed by atoms with Crippen LogP contribution in [0.1, 0.15) is 24.0 Å². The second kappa shape index (κ2) is 6.73. The number of benzene rings is 2. The molecule has 1 aliphatic rings. The summed E-state index contributed by atoms with van der Waals surface area (Å²) < 4.78 is 16.8. The van der Waals surface area contributed by atoms with E-state index in [1.165, 1.54) is 0 Å². The van der Waals surface area contributed by atoms with Crippen LogP contribution in [-0.2, 0) is 17.6 Å². The first-order chi connectivity index (χ1) is 11.2. The molecule has 3 rings (SSSR count). The Morgan fingerprint density at radius 1 is 0.783 bits per heavy atom. The van der Waals surface area contributed by atoms with Crippen molar-refractivity contribution in [1.82, 2.24) is 0 Å². The molecule has 1 aliphatic heterocycles. The summed E-state index contributed by atoms with van der Waals surface area (Å²) in [6.45, 7) is 0. The molecule has 4 nitrogen and oxygen atoms in total. The molecule has 0 fully saturated rings. The van der Waals surface area contributed by atoms with E-state index < -0.39 is 0 Å². The quantitative estimate of drug-likeness (QED) is 0.842. The fraction of sp³-hybridized carbons (Fsp3) is 0.316. The van der Waals surface area contributed by atoms with Gasteiger partial charge in [0.1, 0.15) is 5.78 Å². The van der Waals surface area contributed by atoms with E-state index in [0.717, 1.165) is 11.1 Å². The SMILES string of the molecule is COc1ccc2cc1Oc1cc(ccc1OC)CCC(=O)CC2. The Kier molecular flexibility index (Phi) is 4.51. The summed E-state index contributed by atoms with van der Waals surface area (Å²) >= 11 is 0. The van der Waals surface area contributed by atoms with E-state index in [2.05, 4.69) is 0 Å². The standard InChI is InChI=1S/C19H20O4/c1-21-16-9-5-13-3-7-15(20)8-4-14-6-10-17(22-2)19(12-14)23-18(16)11-13/h5-6,9-12H,3-4,7-8H2,1-2H3. The predicted molar refractivity (Wildman–Crippen MR) is 87.7 cm³/mol. The molecule has 0 saturated heterocycles. The maximum atomic E-state index is 12.1. The zero-order valence-electron chi connectivity index (χ0n) is 13.4. The lowest BCUT2D eigenvalue weighted by Crippen LogP contribution is -2.04. The number of aryl methyl sites for hydroxylation is 2. The molecule has 4 bridgehead atoms. The number of hydrogen-bond acceptors (Lipinski definition) is 4. The van der Waals surface area contributed by atoms with Gasteiger partial charge in [0.2, 0.25) is 0 Å². The van der Waals surface area contributed by atoms with E-state index in [4.69, 9.17) is 14.2 Å². The monoisotopic (exact) mass is 312 g/mol. The van der Waals surface area contributed by atoms with Gasteiger partial charge in [-0.1, -0.05) is 12.1 Å². The lowest BCUT2D eigenvalue weighted by atomic mass is 10.0. The van der Waals surface area contributed by atoms with Crippen molar-refractivity contribution in [2.24, 2.45) is 0 Å². The lowest BCUT2D eigenvalue weighted by molar-refractivity contribution is -0.119. The van der Waals surface area contributed by atoms with Gasteiger partial charge in [-0.25, -0.2) is 0 Å². The molecule has 23 heavy (non-hydrogen) atoms. The van der Waals surface area contributed by atoms with E-state index in [1.807, 2.05) is 36.4 Å². The van der Waals surface area contributed by atoms with Crippen molar-refractivity contribution < 1.29 is 19.0 Å². The van der Waals surface area contributed by atoms with Gasteiger partial charge in [-0.2, -0.15) is 0 Å². The number of methoxy groups -OCH3 is 2. The van der Waals surface area contributed by atoms with E-state index in [-0.39, 0.29) is 5.78 Å². The van der Waals surface area contributed by atoms with Crippen molar-refractivity contribution in [3.8, 4) is 23.0 Å². The maximum absolute atomic E-state index is 12.1. The van der Waals surface area contributed by atoms with Gasteiger partial charge < -0.3 is 14.2 Å². The van der Waals surface area contributed by atoms with Crippen LogP contribution in [0.15, 0.2) is 36.4 Å². The third-order valence-electron chi connectivity index (χ3n) is 4.06. The zero-order chi connectivity index (χ0) is 16.2. The van der Waals surface area contributed by atoms with Gasteiger partial charge >= 0.3 is 0 Å². The number of Topliss-reactive ketones (excluding diaryl/α,β-unsaturated/α-hetero) is 1. The molecule has 0 atom stereocenters. The summed E-state index contributed by atoms with van der Waals surface area (Å²) in [5, 5.41) is 0. The summed E-state index contributed by atoms with van der Waals surface area (Å²) in [4.78, 5) is 12.1. The fourth-order valence-electron chi connectivity index (χ4n) is 2.72. The Bertz CT molecular complexity index is 662. The van der Waals surface area contributed by atoms with E-state index in [9.17, 15) is 4.79 Å². The molecule has 0 spiro atoms. The van der Waals surface area contributed by atoms with Crippen molar-refractivity contribution in [3.05, 3.63) is 47.5 Å². The number of carbonyl (C=O) groups is 1. The van der Waals surface area contributed by atoms with Crippen molar-refractivity contribution in [2.75, 3.05) is 14.2 Å². The smallest absolute Gasteiger partial charge is 0.169 e. The number of fused-ring (bicyclic) bond motifs is 4. The van der Waals surface area contributed by atoms with Crippen molar-refractivity contribution >= 4 is 5.78 Å². The minimum Gasteiger partial charge on any atom is -0.493 e. The fourth-order valence-corrected chi connectivity index (χ4v) is 2.72. The van der Waals surface area contributed by atoms with Crippen molar-refractivity contribution in [2.45, 2.75) is 25.7 Å². The molecule has 2 aromatic rings. The number of rotatable bonds is 2. The van der Waals surface area contributed by atoms with E-state index >= 15 is 0 Å². The van der Waals surface area contributed by atoms with Crippen LogP contribution in [0.25, 0.3) is 0 Å². The average Bonchev–Trinajstić information content (AvgIpc) is 2.57. The molecule has 0 amide bonds. The van der Waals surface area contributed by atoms with Crippen LogP contribution in [0.4, 0.5) is 0 Å². The Morgan fingerprint density at radius 3 is 1.70 bits per heavy atom. The highest BCUT2D eigenvalue weighted by Crippen LogP contribution is 2.38. The Morgan fingerprint density at radius 2 is 1.26 bits per heavy atom. The molecule has 0 N–H and O–H groups in total. The van der Waals surface area contributed by atoms with Gasteiger partial charge in [0.05, 0.1) is 14.2 Å². The highest BCUT2D eigenvalue weighted by Gasteiger charge is 2.14. The first-order valence-electron chi connectivity index (χ1n) is 7.73. The van der Waals surface area contributed by atoms with E-state index in [1.54, 1.807) is 14.2 Å². The highest BCUT2D eigenvalue weighted by atomic mass is 16.5. The minimum absolute atomic E-state index is 0.279. The first-order valence-corrected chi connectivity index (χ1v) is 7.73. The van der Waals surface area contributed by atoms with Gasteiger partial charge in [0.15, 0.2) is 23.0 Å². The summed E-state index contributed by atoms with van der Waals surface area (Å²) in [5.74, 6) is 2.86. The van der Waals surface area contributed by atoms with Crippen LogP contribution in [0, 0.1) is 0 Å². The second-order valence-electron chi connectivity index (χ2n) is 5.61. The number of ether oxygens (including phenoxy) is 3. The van der Waals surface area contributed by atoms with Gasteiger partial charge in [-0.05, 0) is 48.2 Å². The molecule has 0 aromatic heterocycles. The van der Waals surface area contributed by atoms with Gasteiger partial charge in [-0.3, -0.25) is 4.79 Å². The molecule has 120 valence electrons. The van der Waals surface area contributed by atoms with Gasteiger partial charge in [0.25, 0.3) is 0 Å². The van der Waals surface area contributed by atoms with Gasteiger partial charge in [-0.15, -0.1) is 0 Å². The van der Waals surface area contributed by atoms with Crippen LogP contribution in [0.2, 0.25) is 0 Å². The normalized spacial score (nSPS) is 14.3. The predicted octanol–water partition coefficient (Wildman–Crippen LogP) is 3.94. The van der Waals surface area contributed by atoms with E-state index in [0.29, 0.717) is 48.7 Å². The molecule has 1 heterocycles. The summed E-state index contributed by atoms with van der Waals surface area (Å²) in [7, 11) is 3.23. The third kappa shape index (κ3) is 3.47. The second-order valence-corrected chi connectivity index (χ2v) is 5.61. The largest absolute Gasteiger partial charge is 0.493 e. The minimum atomic E-state index is 0.279. The summed E-state index contributed by atoms with van der Waals surface area (Å²) in [6.07, 6.45) is 2.53. The summed E-state index contributed by atoms with van der Waals surface area (Å²) in [6, 6.07) is 11.5. The molecule has 2 aromatic carbocycles. The van der Waals surface area contributed by atoms with Crippen LogP contribution < -0.4 is 14.2 Å². The Labute approximate surface area is 136 Å². The first kappa shape index (κ1) is 15.4. The molecule has 0 radical (unpaired) electrons. The Balaban J connectivity index is 2.07. The molecular weight excluding hydrogens is 292 g/mol. The zero-order valence-corrected chi connectivity index (χ0v) is 13.4. The third-order valence-corrected chi connectivity index (χ3v) is 4.06. The molecule has 0 aliphatic carbocycles.